The predicted molar refractivity (Wildman–Crippen MR) is 85.7 cm³/mol. The zero-order valence-corrected chi connectivity index (χ0v) is 13.9. The molecular formula is C17H24F2N2O3. The van der Waals surface area contributed by atoms with Crippen molar-refractivity contribution in [1.29, 1.82) is 0 Å². The van der Waals surface area contributed by atoms with Crippen LogP contribution in [0.2, 0.25) is 0 Å². The quantitative estimate of drug-likeness (QED) is 0.810. The van der Waals surface area contributed by atoms with Crippen molar-refractivity contribution in [3.05, 3.63) is 35.4 Å². The van der Waals surface area contributed by atoms with Gasteiger partial charge in [0.15, 0.2) is 0 Å². The van der Waals surface area contributed by atoms with Crippen LogP contribution in [0.25, 0.3) is 0 Å². The number of aliphatic hydroxyl groups is 1. The van der Waals surface area contributed by atoms with Gasteiger partial charge >= 0.3 is 0 Å². The number of aliphatic hydroxyl groups excluding tert-OH is 1. The molecule has 1 atom stereocenters. The monoisotopic (exact) mass is 342 g/mol. The molecule has 1 aromatic carbocycles. The van der Waals surface area contributed by atoms with Crippen LogP contribution in [-0.4, -0.2) is 73.4 Å². The van der Waals surface area contributed by atoms with Gasteiger partial charge in [0.1, 0.15) is 11.6 Å². The fourth-order valence-corrected chi connectivity index (χ4v) is 2.86. The Labute approximate surface area is 140 Å². The molecule has 0 bridgehead atoms. The van der Waals surface area contributed by atoms with Gasteiger partial charge in [0, 0.05) is 38.3 Å². The van der Waals surface area contributed by atoms with Crippen LogP contribution in [0.5, 0.6) is 0 Å². The summed E-state index contributed by atoms with van der Waals surface area (Å²) in [5.41, 5.74) is -0.225. The average molecular weight is 342 g/mol. The zero-order chi connectivity index (χ0) is 17.5. The Hall–Kier alpha value is -1.57. The molecule has 0 spiro atoms. The van der Waals surface area contributed by atoms with E-state index >= 15 is 0 Å². The third kappa shape index (κ3) is 4.72. The number of hydrogen-bond acceptors (Lipinski definition) is 4. The van der Waals surface area contributed by atoms with E-state index in [1.54, 1.807) is 0 Å². The maximum absolute atomic E-state index is 13.9. The second-order valence-electron chi connectivity index (χ2n) is 5.86. The molecular weight excluding hydrogens is 318 g/mol. The van der Waals surface area contributed by atoms with E-state index in [-0.39, 0.29) is 24.6 Å². The summed E-state index contributed by atoms with van der Waals surface area (Å²) in [5, 5.41) is 9.21. The van der Waals surface area contributed by atoms with E-state index in [1.807, 2.05) is 0 Å². The highest BCUT2D eigenvalue weighted by atomic mass is 19.1. The summed E-state index contributed by atoms with van der Waals surface area (Å²) < 4.78 is 33.1. The Bertz CT molecular complexity index is 530. The molecule has 2 rings (SSSR count). The van der Waals surface area contributed by atoms with Gasteiger partial charge in [-0.2, -0.15) is 0 Å². The van der Waals surface area contributed by atoms with Crippen LogP contribution in [-0.2, 0) is 9.53 Å². The van der Waals surface area contributed by atoms with Crippen molar-refractivity contribution in [3.8, 4) is 0 Å². The van der Waals surface area contributed by atoms with E-state index in [0.717, 1.165) is 25.2 Å². The molecule has 1 heterocycles. The topological polar surface area (TPSA) is 53.0 Å². The standard InChI is InChI=1S/C17H24F2N2O3/c1-13(16-14(18)3-2-4-15(16)19)17(23)21(7-10-22)6-5-20-8-11-24-12-9-20/h2-4,13,22H,5-12H2,1H3. The normalized spacial score (nSPS) is 16.8. The van der Waals surface area contributed by atoms with Gasteiger partial charge in [-0.15, -0.1) is 0 Å². The minimum absolute atomic E-state index is 0.142. The number of ether oxygens (including phenoxy) is 1. The lowest BCUT2D eigenvalue weighted by Crippen LogP contribution is -2.45. The van der Waals surface area contributed by atoms with E-state index in [9.17, 15) is 18.7 Å². The van der Waals surface area contributed by atoms with Crippen LogP contribution in [0.3, 0.4) is 0 Å². The summed E-state index contributed by atoms with van der Waals surface area (Å²) in [7, 11) is 0. The maximum Gasteiger partial charge on any atom is 0.230 e. The number of nitrogens with zero attached hydrogens (tertiary/aromatic N) is 2. The summed E-state index contributed by atoms with van der Waals surface area (Å²) in [6.45, 7) is 5.38. The fourth-order valence-electron chi connectivity index (χ4n) is 2.86. The van der Waals surface area contributed by atoms with Crippen molar-refractivity contribution in [1.82, 2.24) is 9.80 Å². The van der Waals surface area contributed by atoms with Gasteiger partial charge in [-0.05, 0) is 19.1 Å². The van der Waals surface area contributed by atoms with Gasteiger partial charge in [-0.25, -0.2) is 8.78 Å². The Kier molecular flexibility index (Phi) is 7.08. The molecule has 0 aliphatic carbocycles. The molecule has 5 nitrogen and oxygen atoms in total. The van der Waals surface area contributed by atoms with Gasteiger partial charge in [-0.3, -0.25) is 9.69 Å². The summed E-state index contributed by atoms with van der Waals surface area (Å²) in [6, 6.07) is 3.56. The van der Waals surface area contributed by atoms with Crippen LogP contribution in [0.1, 0.15) is 18.4 Å². The smallest absolute Gasteiger partial charge is 0.230 e. The summed E-state index contributed by atoms with van der Waals surface area (Å²) in [6.07, 6.45) is 0. The Balaban J connectivity index is 2.04. The predicted octanol–water partition coefficient (Wildman–Crippen LogP) is 1.22. The first-order valence-electron chi connectivity index (χ1n) is 8.18. The van der Waals surface area contributed by atoms with Crippen LogP contribution in [0.15, 0.2) is 18.2 Å². The Morgan fingerprint density at radius 1 is 1.29 bits per heavy atom. The minimum Gasteiger partial charge on any atom is -0.395 e. The van der Waals surface area contributed by atoms with Crippen LogP contribution in [0.4, 0.5) is 8.78 Å². The van der Waals surface area contributed by atoms with Crippen molar-refractivity contribution >= 4 is 5.91 Å². The van der Waals surface area contributed by atoms with E-state index in [2.05, 4.69) is 4.90 Å². The highest BCUT2D eigenvalue weighted by Gasteiger charge is 2.27. The first-order valence-corrected chi connectivity index (χ1v) is 8.18. The molecule has 134 valence electrons. The van der Waals surface area contributed by atoms with Crippen LogP contribution in [0, 0.1) is 11.6 Å². The molecule has 24 heavy (non-hydrogen) atoms. The second kappa shape index (κ2) is 9.05. The molecule has 1 saturated heterocycles. The molecule has 1 N–H and O–H groups in total. The number of morpholine rings is 1. The van der Waals surface area contributed by atoms with Gasteiger partial charge in [0.25, 0.3) is 0 Å². The van der Waals surface area contributed by atoms with Crippen molar-refractivity contribution < 1.29 is 23.4 Å². The van der Waals surface area contributed by atoms with Gasteiger partial charge in [0.05, 0.1) is 25.7 Å². The summed E-state index contributed by atoms with van der Waals surface area (Å²) >= 11 is 0. The Morgan fingerprint density at radius 2 is 1.92 bits per heavy atom. The molecule has 1 aromatic rings. The third-order valence-corrected chi connectivity index (χ3v) is 4.27. The first-order chi connectivity index (χ1) is 11.5. The van der Waals surface area contributed by atoms with E-state index in [0.29, 0.717) is 26.3 Å². The summed E-state index contributed by atoms with van der Waals surface area (Å²) in [5.74, 6) is -2.79. The van der Waals surface area contributed by atoms with E-state index in [1.165, 1.54) is 17.9 Å². The number of carbonyl (C=O) groups excluding carboxylic acids is 1. The molecule has 1 aliphatic heterocycles. The lowest BCUT2D eigenvalue weighted by Gasteiger charge is -2.31. The number of hydrogen-bond donors (Lipinski definition) is 1. The number of halogens is 2. The number of rotatable bonds is 7. The van der Waals surface area contributed by atoms with Crippen molar-refractivity contribution in [2.75, 3.05) is 52.5 Å². The Morgan fingerprint density at radius 3 is 2.50 bits per heavy atom. The molecule has 0 aromatic heterocycles. The van der Waals surface area contributed by atoms with Gasteiger partial charge in [-0.1, -0.05) is 6.07 Å². The lowest BCUT2D eigenvalue weighted by atomic mass is 9.98. The maximum atomic E-state index is 13.9. The average Bonchev–Trinajstić information content (AvgIpc) is 2.58. The third-order valence-electron chi connectivity index (χ3n) is 4.27. The van der Waals surface area contributed by atoms with Crippen molar-refractivity contribution in [2.24, 2.45) is 0 Å². The molecule has 0 saturated carbocycles. The first kappa shape index (κ1) is 18.8. The van der Waals surface area contributed by atoms with Gasteiger partial charge in [0.2, 0.25) is 5.91 Å². The zero-order valence-electron chi connectivity index (χ0n) is 13.9. The SMILES string of the molecule is CC(C(=O)N(CCO)CCN1CCOCC1)c1c(F)cccc1F. The highest BCUT2D eigenvalue weighted by Crippen LogP contribution is 2.24. The van der Waals surface area contributed by atoms with E-state index < -0.39 is 17.6 Å². The highest BCUT2D eigenvalue weighted by molar-refractivity contribution is 5.83. The molecule has 7 heteroatoms. The largest absolute Gasteiger partial charge is 0.395 e. The fraction of sp³-hybridized carbons (Fsp3) is 0.588. The number of benzene rings is 1. The summed E-state index contributed by atoms with van der Waals surface area (Å²) in [4.78, 5) is 16.3. The van der Waals surface area contributed by atoms with Crippen LogP contribution >= 0.6 is 0 Å². The van der Waals surface area contributed by atoms with Crippen molar-refractivity contribution in [3.63, 3.8) is 0 Å². The number of carbonyl (C=O) groups is 1. The lowest BCUT2D eigenvalue weighted by molar-refractivity contribution is -0.133. The molecule has 1 unspecified atom stereocenters. The molecule has 0 radical (unpaired) electrons. The van der Waals surface area contributed by atoms with Gasteiger partial charge < -0.3 is 14.7 Å². The second-order valence-corrected chi connectivity index (χ2v) is 5.86. The minimum atomic E-state index is -0.942. The molecule has 1 fully saturated rings. The molecule has 1 amide bonds. The van der Waals surface area contributed by atoms with E-state index in [4.69, 9.17) is 4.74 Å². The van der Waals surface area contributed by atoms with Crippen molar-refractivity contribution in [2.45, 2.75) is 12.8 Å². The molecule has 1 aliphatic rings. The van der Waals surface area contributed by atoms with Crippen LogP contribution < -0.4 is 0 Å². The number of amides is 1.